The minimum atomic E-state index is -3.78. The van der Waals surface area contributed by atoms with Crippen LogP contribution in [-0.2, 0) is 26.2 Å². The van der Waals surface area contributed by atoms with Crippen LogP contribution in [0.2, 0.25) is 0 Å². The Morgan fingerprint density at radius 2 is 1.66 bits per heavy atom. The molecule has 17 nitrogen and oxygen atoms in total. The number of rotatable bonds is 10. The van der Waals surface area contributed by atoms with Gasteiger partial charge >= 0.3 is 0 Å². The lowest BCUT2D eigenvalue weighted by Crippen LogP contribution is -2.56. The zero-order chi connectivity index (χ0) is 43.1. The maximum Gasteiger partial charge on any atom is 0.262 e. The molecule has 0 bridgehead atoms. The summed E-state index contributed by atoms with van der Waals surface area (Å²) < 4.78 is 37.0. The molecule has 10 rings (SSSR count). The summed E-state index contributed by atoms with van der Waals surface area (Å²) in [5, 5.41) is 14.1. The summed E-state index contributed by atoms with van der Waals surface area (Å²) in [5.74, 6) is -2.13. The second kappa shape index (κ2) is 14.8. The number of nitrogens with two attached hydrogens (primary N) is 1. The quantitative estimate of drug-likeness (QED) is 0.199. The first kappa shape index (κ1) is 40.0. The predicted molar refractivity (Wildman–Crippen MR) is 227 cm³/mol. The molecule has 5 aliphatic heterocycles. The third-order valence-corrected chi connectivity index (χ3v) is 14.4. The van der Waals surface area contributed by atoms with Gasteiger partial charge in [-0.25, -0.2) is 18.5 Å². The molecule has 1 spiro atoms. The third-order valence-electron chi connectivity index (χ3n) is 13.5. The smallest absolute Gasteiger partial charge is 0.262 e. The molecule has 4 saturated heterocycles. The van der Waals surface area contributed by atoms with Crippen molar-refractivity contribution in [1.29, 1.82) is 0 Å². The highest BCUT2D eigenvalue weighted by molar-refractivity contribution is 7.89. The van der Waals surface area contributed by atoms with Gasteiger partial charge in [-0.05, 0) is 97.8 Å². The standard InChI is InChI=1S/C44H47N9O8S/c1-43(24-48-16-12-44(26-48)13-18-50(27-44)29-5-3-6-31(21-29)62(45,58)59)11-17-49(25-43)30-7-8-32-33(22-30)41(56)52(40(32)55)34-9-10-37(54)53(42(34)57)39-38-35(60-2)19-28(20-36(38)61-47-39)23-51-15-4-14-46-51/h3-8,14-15,19-22,34H,9-13,16-18,23-27H2,1-2H3,(H2,45,58,59). The number of likely N-dealkylation sites (tertiary alicyclic amines) is 1. The maximum atomic E-state index is 14.3. The number of piperidine rings is 1. The van der Waals surface area contributed by atoms with E-state index in [1.54, 1.807) is 47.3 Å². The summed E-state index contributed by atoms with van der Waals surface area (Å²) in [6.45, 7) is 8.87. The zero-order valence-electron chi connectivity index (χ0n) is 34.5. The van der Waals surface area contributed by atoms with Crippen LogP contribution in [0.5, 0.6) is 5.75 Å². The Morgan fingerprint density at radius 1 is 0.887 bits per heavy atom. The van der Waals surface area contributed by atoms with Crippen molar-refractivity contribution in [3.63, 3.8) is 0 Å². The van der Waals surface area contributed by atoms with Crippen molar-refractivity contribution < 1.29 is 36.9 Å². The molecular formula is C44H47N9O8S. The van der Waals surface area contributed by atoms with Gasteiger partial charge in [-0.2, -0.15) is 5.10 Å². The topological polar surface area (TPSA) is 198 Å². The molecule has 2 aromatic heterocycles. The van der Waals surface area contributed by atoms with Crippen LogP contribution in [0, 0.1) is 10.8 Å². The second-order valence-corrected chi connectivity index (χ2v) is 19.4. The molecule has 5 aromatic rings. The highest BCUT2D eigenvalue weighted by atomic mass is 32.2. The Bertz CT molecular complexity index is 2770. The first-order chi connectivity index (χ1) is 29.7. The van der Waals surface area contributed by atoms with Gasteiger partial charge in [0.05, 0.1) is 29.7 Å². The number of carbonyl (C=O) groups is 4. The Morgan fingerprint density at radius 3 is 2.45 bits per heavy atom. The highest BCUT2D eigenvalue weighted by Crippen LogP contribution is 2.44. The Balaban J connectivity index is 0.811. The normalized spacial score (nSPS) is 24.5. The summed E-state index contributed by atoms with van der Waals surface area (Å²) >= 11 is 0. The van der Waals surface area contributed by atoms with E-state index in [-0.39, 0.29) is 45.5 Å². The van der Waals surface area contributed by atoms with E-state index in [1.807, 2.05) is 24.4 Å². The van der Waals surface area contributed by atoms with E-state index >= 15 is 0 Å². The Hall–Kier alpha value is -6.11. The highest BCUT2D eigenvalue weighted by Gasteiger charge is 2.50. The largest absolute Gasteiger partial charge is 0.496 e. The molecule has 7 heterocycles. The number of hydrogen-bond acceptors (Lipinski definition) is 13. The number of methoxy groups -OCH3 is 1. The fourth-order valence-electron chi connectivity index (χ4n) is 10.4. The first-order valence-electron chi connectivity index (χ1n) is 20.9. The third kappa shape index (κ3) is 6.89. The molecule has 4 amide bonds. The van der Waals surface area contributed by atoms with Crippen molar-refractivity contribution in [2.45, 2.75) is 56.5 Å². The van der Waals surface area contributed by atoms with Crippen molar-refractivity contribution in [2.75, 3.05) is 67.6 Å². The monoisotopic (exact) mass is 861 g/mol. The molecule has 322 valence electrons. The van der Waals surface area contributed by atoms with Crippen LogP contribution in [0.1, 0.15) is 65.3 Å². The predicted octanol–water partition coefficient (Wildman–Crippen LogP) is 3.87. The van der Waals surface area contributed by atoms with Gasteiger partial charge in [0.1, 0.15) is 17.2 Å². The molecule has 0 saturated carbocycles. The average Bonchev–Trinajstić information content (AvgIpc) is 4.13. The van der Waals surface area contributed by atoms with Crippen LogP contribution in [0.3, 0.4) is 0 Å². The number of aromatic nitrogens is 3. The number of carbonyl (C=O) groups excluding carboxylic acids is 4. The van der Waals surface area contributed by atoms with E-state index < -0.39 is 39.7 Å². The van der Waals surface area contributed by atoms with Crippen molar-refractivity contribution >= 4 is 61.8 Å². The van der Waals surface area contributed by atoms with E-state index in [2.05, 4.69) is 31.9 Å². The fraction of sp³-hybridized carbons (Fsp3) is 0.409. The van der Waals surface area contributed by atoms with Crippen LogP contribution in [-0.4, -0.2) is 116 Å². The van der Waals surface area contributed by atoms with Gasteiger partial charge < -0.3 is 24.0 Å². The minimum Gasteiger partial charge on any atom is -0.496 e. The number of hydrogen-bond donors (Lipinski definition) is 1. The number of imide groups is 2. The average molecular weight is 862 g/mol. The summed E-state index contributed by atoms with van der Waals surface area (Å²) in [5.41, 5.74) is 3.38. The molecular weight excluding hydrogens is 815 g/mol. The molecule has 3 unspecified atom stereocenters. The molecule has 2 N–H and O–H groups in total. The zero-order valence-corrected chi connectivity index (χ0v) is 35.3. The number of ether oxygens (including phenoxy) is 1. The molecule has 18 heteroatoms. The van der Waals surface area contributed by atoms with Gasteiger partial charge in [-0.15, -0.1) is 0 Å². The number of primary sulfonamides is 1. The van der Waals surface area contributed by atoms with Crippen LogP contribution in [0.15, 0.2) is 82.5 Å². The van der Waals surface area contributed by atoms with Crippen molar-refractivity contribution in [1.82, 2.24) is 24.7 Å². The molecule has 3 aromatic carbocycles. The summed E-state index contributed by atoms with van der Waals surface area (Å²) in [4.78, 5) is 64.9. The fourth-order valence-corrected chi connectivity index (χ4v) is 11.0. The number of anilines is 3. The molecule has 0 radical (unpaired) electrons. The van der Waals surface area contributed by atoms with Crippen molar-refractivity contribution in [2.24, 2.45) is 16.0 Å². The first-order valence-corrected chi connectivity index (χ1v) is 22.4. The van der Waals surface area contributed by atoms with Crippen LogP contribution >= 0.6 is 0 Å². The minimum absolute atomic E-state index is 0.0144. The van der Waals surface area contributed by atoms with Gasteiger partial charge in [-0.3, -0.25) is 28.8 Å². The summed E-state index contributed by atoms with van der Waals surface area (Å²) in [7, 11) is -2.31. The lowest BCUT2D eigenvalue weighted by Gasteiger charge is -2.33. The van der Waals surface area contributed by atoms with Gasteiger partial charge in [0.25, 0.3) is 17.7 Å². The molecule has 0 aliphatic carbocycles. The van der Waals surface area contributed by atoms with E-state index in [4.69, 9.17) is 14.4 Å². The molecule has 5 aliphatic rings. The van der Waals surface area contributed by atoms with E-state index in [0.29, 0.717) is 23.3 Å². The number of sulfonamides is 1. The van der Waals surface area contributed by atoms with Gasteiger partial charge in [0, 0.05) is 74.9 Å². The van der Waals surface area contributed by atoms with E-state index in [1.165, 1.54) is 13.2 Å². The maximum absolute atomic E-state index is 14.3. The Kier molecular flexibility index (Phi) is 9.53. The summed E-state index contributed by atoms with van der Waals surface area (Å²) in [6.07, 6.45) is 6.44. The lowest BCUT2D eigenvalue weighted by molar-refractivity contribution is -0.132. The van der Waals surface area contributed by atoms with E-state index in [0.717, 1.165) is 91.8 Å². The molecule has 4 fully saturated rings. The lowest BCUT2D eigenvalue weighted by atomic mass is 9.86. The SMILES string of the molecule is COc1cc(Cn2cccn2)cc2onc(N3C(=O)CCC(N4C(=O)c5ccc(N6CCC(C)(CN7CCC8(CCN(c9cccc(S(N)(=O)=O)c9)C8)C7)C6)cc5C4=O)C3=O)c12. The molecule has 3 atom stereocenters. The van der Waals surface area contributed by atoms with Crippen LogP contribution in [0.4, 0.5) is 17.2 Å². The summed E-state index contributed by atoms with van der Waals surface area (Å²) in [6, 6.07) is 16.3. The van der Waals surface area contributed by atoms with Crippen molar-refractivity contribution in [3.05, 3.63) is 89.7 Å². The van der Waals surface area contributed by atoms with Gasteiger partial charge in [-0.1, -0.05) is 18.1 Å². The second-order valence-electron chi connectivity index (χ2n) is 17.9. The van der Waals surface area contributed by atoms with Gasteiger partial charge in [0.15, 0.2) is 11.4 Å². The molecule has 62 heavy (non-hydrogen) atoms. The van der Waals surface area contributed by atoms with Crippen LogP contribution in [0.25, 0.3) is 11.0 Å². The van der Waals surface area contributed by atoms with Gasteiger partial charge in [0.2, 0.25) is 15.9 Å². The van der Waals surface area contributed by atoms with Crippen LogP contribution < -0.4 is 24.6 Å². The number of fused-ring (bicyclic) bond motifs is 2. The number of amides is 4. The van der Waals surface area contributed by atoms with Crippen molar-refractivity contribution in [3.8, 4) is 5.75 Å². The number of benzene rings is 3. The Labute approximate surface area is 358 Å². The van der Waals surface area contributed by atoms with E-state index in [9.17, 15) is 27.6 Å². The number of nitrogens with zero attached hydrogens (tertiary/aromatic N) is 8.